The van der Waals surface area contributed by atoms with E-state index in [0.29, 0.717) is 12.1 Å². The van der Waals surface area contributed by atoms with Crippen LogP contribution in [-0.2, 0) is 0 Å². The Morgan fingerprint density at radius 2 is 2.05 bits per heavy atom. The van der Waals surface area contributed by atoms with Crippen molar-refractivity contribution in [2.45, 2.75) is 33.2 Å². The largest absolute Gasteiger partial charge is 0.398 e. The molecule has 0 saturated carbocycles. The first kappa shape index (κ1) is 15.2. The molecule has 4 heteroatoms. The highest BCUT2D eigenvalue weighted by atomic mass is 19.1. The number of rotatable bonds is 3. The number of nitrogens with two attached hydrogens (primary N) is 1. The number of carbonyl (C=O) groups excluding carboxylic acids is 1. The summed E-state index contributed by atoms with van der Waals surface area (Å²) in [4.78, 5) is 14.1. The average Bonchev–Trinajstić information content (AvgIpc) is 2.30. The third-order valence-electron chi connectivity index (χ3n) is 3.00. The summed E-state index contributed by atoms with van der Waals surface area (Å²) in [5.74, 6) is -0.714. The van der Waals surface area contributed by atoms with Crippen molar-refractivity contribution in [2.24, 2.45) is 0 Å². The summed E-state index contributed by atoms with van der Waals surface area (Å²) >= 11 is 0. The van der Waals surface area contributed by atoms with Crippen molar-refractivity contribution in [3.05, 3.63) is 41.7 Å². The van der Waals surface area contributed by atoms with Gasteiger partial charge in [-0.05, 0) is 39.8 Å². The average molecular weight is 264 g/mol. The van der Waals surface area contributed by atoms with Crippen LogP contribution in [0.2, 0.25) is 0 Å². The Kier molecular flexibility index (Phi) is 4.35. The highest BCUT2D eigenvalue weighted by molar-refractivity contribution is 5.95. The van der Waals surface area contributed by atoms with Gasteiger partial charge < -0.3 is 10.6 Å². The van der Waals surface area contributed by atoms with E-state index in [-0.39, 0.29) is 22.7 Å². The lowest BCUT2D eigenvalue weighted by molar-refractivity contribution is 0.0616. The topological polar surface area (TPSA) is 46.3 Å². The van der Waals surface area contributed by atoms with Crippen molar-refractivity contribution >= 4 is 11.6 Å². The number of halogens is 1. The molecule has 0 radical (unpaired) electrons. The van der Waals surface area contributed by atoms with Crippen molar-refractivity contribution in [3.8, 4) is 0 Å². The number of hydrogen-bond donors (Lipinski definition) is 1. The van der Waals surface area contributed by atoms with Crippen LogP contribution in [0.5, 0.6) is 0 Å². The molecule has 0 aromatic heterocycles. The number of hydrogen-bond acceptors (Lipinski definition) is 2. The van der Waals surface area contributed by atoms with E-state index in [1.165, 1.54) is 12.1 Å². The fraction of sp³-hybridized carbons (Fsp3) is 0.400. The molecule has 0 aliphatic heterocycles. The summed E-state index contributed by atoms with van der Waals surface area (Å²) in [6.45, 7) is 11.4. The molecule has 1 aromatic carbocycles. The van der Waals surface area contributed by atoms with Gasteiger partial charge >= 0.3 is 0 Å². The molecule has 1 aromatic rings. The fourth-order valence-corrected chi connectivity index (χ4v) is 1.77. The van der Waals surface area contributed by atoms with Crippen LogP contribution in [0.4, 0.5) is 10.1 Å². The Bertz CT molecular complexity index is 480. The van der Waals surface area contributed by atoms with Gasteiger partial charge in [-0.15, -0.1) is 6.58 Å². The molecule has 1 rings (SSSR count). The zero-order chi connectivity index (χ0) is 14.8. The third kappa shape index (κ3) is 3.34. The van der Waals surface area contributed by atoms with E-state index in [1.807, 2.05) is 20.8 Å². The second-order valence-corrected chi connectivity index (χ2v) is 5.55. The lowest BCUT2D eigenvalue weighted by Gasteiger charge is -2.35. The molecular formula is C15H21FN2O. The molecule has 2 N–H and O–H groups in total. The minimum absolute atomic E-state index is 0.252. The predicted octanol–water partition coefficient (Wildman–Crippen LogP) is 3.14. The van der Waals surface area contributed by atoms with Gasteiger partial charge in [-0.1, -0.05) is 6.08 Å². The zero-order valence-electron chi connectivity index (χ0n) is 12.0. The van der Waals surface area contributed by atoms with Gasteiger partial charge in [0.1, 0.15) is 5.82 Å². The summed E-state index contributed by atoms with van der Waals surface area (Å²) in [7, 11) is 0. The second kappa shape index (κ2) is 5.43. The van der Waals surface area contributed by atoms with E-state index >= 15 is 0 Å². The lowest BCUT2D eigenvalue weighted by atomic mass is 10.0. The van der Waals surface area contributed by atoms with E-state index in [4.69, 9.17) is 5.73 Å². The highest BCUT2D eigenvalue weighted by Gasteiger charge is 2.27. The molecule has 19 heavy (non-hydrogen) atoms. The van der Waals surface area contributed by atoms with E-state index in [9.17, 15) is 9.18 Å². The van der Waals surface area contributed by atoms with E-state index in [1.54, 1.807) is 17.9 Å². The summed E-state index contributed by atoms with van der Waals surface area (Å²) in [6.07, 6.45) is 1.65. The van der Waals surface area contributed by atoms with Crippen molar-refractivity contribution < 1.29 is 9.18 Å². The van der Waals surface area contributed by atoms with Gasteiger partial charge in [-0.25, -0.2) is 4.39 Å². The molecule has 0 spiro atoms. The molecule has 0 heterocycles. The maximum atomic E-state index is 13.7. The van der Waals surface area contributed by atoms with E-state index < -0.39 is 5.82 Å². The minimum Gasteiger partial charge on any atom is -0.398 e. The smallest absolute Gasteiger partial charge is 0.254 e. The third-order valence-corrected chi connectivity index (χ3v) is 3.00. The first-order valence-corrected chi connectivity index (χ1v) is 6.17. The van der Waals surface area contributed by atoms with Crippen molar-refractivity contribution in [1.82, 2.24) is 4.90 Å². The molecule has 0 bridgehead atoms. The van der Waals surface area contributed by atoms with Gasteiger partial charge in [-0.2, -0.15) is 0 Å². The number of nitrogen functional groups attached to an aromatic ring is 1. The first-order valence-electron chi connectivity index (χ1n) is 6.17. The molecule has 0 atom stereocenters. The van der Waals surface area contributed by atoms with Gasteiger partial charge in [0.25, 0.3) is 5.91 Å². The molecule has 104 valence electrons. The molecule has 0 fully saturated rings. The van der Waals surface area contributed by atoms with Crippen LogP contribution in [0.25, 0.3) is 0 Å². The predicted molar refractivity (Wildman–Crippen MR) is 76.5 cm³/mol. The Hall–Kier alpha value is -1.84. The van der Waals surface area contributed by atoms with Gasteiger partial charge in [0.15, 0.2) is 0 Å². The maximum Gasteiger partial charge on any atom is 0.254 e. The molecule has 3 nitrogen and oxygen atoms in total. The molecule has 1 amide bonds. The maximum absolute atomic E-state index is 13.7. The monoisotopic (exact) mass is 264 g/mol. The molecular weight excluding hydrogens is 243 g/mol. The Morgan fingerprint density at radius 1 is 1.47 bits per heavy atom. The number of benzene rings is 1. The van der Waals surface area contributed by atoms with E-state index in [2.05, 4.69) is 6.58 Å². The van der Waals surface area contributed by atoms with Crippen molar-refractivity contribution in [1.29, 1.82) is 0 Å². The van der Waals surface area contributed by atoms with Crippen molar-refractivity contribution in [2.75, 3.05) is 12.3 Å². The summed E-state index contributed by atoms with van der Waals surface area (Å²) in [6, 6.07) is 2.75. The number of nitrogens with zero attached hydrogens (tertiary/aromatic N) is 1. The zero-order valence-corrected chi connectivity index (χ0v) is 12.0. The fourth-order valence-electron chi connectivity index (χ4n) is 1.77. The van der Waals surface area contributed by atoms with Crippen LogP contribution in [0.1, 0.15) is 36.7 Å². The normalized spacial score (nSPS) is 11.2. The Balaban J connectivity index is 3.21. The van der Waals surface area contributed by atoms with Gasteiger partial charge in [0, 0.05) is 28.9 Å². The van der Waals surface area contributed by atoms with Gasteiger partial charge in [-0.3, -0.25) is 4.79 Å². The van der Waals surface area contributed by atoms with Crippen LogP contribution < -0.4 is 5.73 Å². The number of amides is 1. The standard InChI is InChI=1S/C15H21FN2O/c1-6-7-18(15(3,4)5)14(19)11-8-12(16)10(2)13(17)9-11/h6,8-9H,1,7,17H2,2-5H3. The summed E-state index contributed by atoms with van der Waals surface area (Å²) in [5, 5.41) is 0. The Labute approximate surface area is 113 Å². The minimum atomic E-state index is -0.462. The number of carbonyl (C=O) groups is 1. The first-order chi connectivity index (χ1) is 8.68. The Morgan fingerprint density at radius 3 is 2.47 bits per heavy atom. The van der Waals surface area contributed by atoms with Gasteiger partial charge in [0.05, 0.1) is 0 Å². The van der Waals surface area contributed by atoms with Crippen LogP contribution in [0, 0.1) is 12.7 Å². The van der Waals surface area contributed by atoms with Crippen LogP contribution in [-0.4, -0.2) is 22.9 Å². The summed E-state index contributed by atoms with van der Waals surface area (Å²) in [5.41, 5.74) is 6.25. The highest BCUT2D eigenvalue weighted by Crippen LogP contribution is 2.22. The SMILES string of the molecule is C=CCN(C(=O)c1cc(N)c(C)c(F)c1)C(C)(C)C. The quantitative estimate of drug-likeness (QED) is 0.673. The van der Waals surface area contributed by atoms with Crippen LogP contribution in [0.15, 0.2) is 24.8 Å². The lowest BCUT2D eigenvalue weighted by Crippen LogP contribution is -2.45. The molecule has 0 unspecified atom stereocenters. The molecule has 0 aliphatic carbocycles. The van der Waals surface area contributed by atoms with Crippen LogP contribution >= 0.6 is 0 Å². The molecule has 0 saturated heterocycles. The molecule has 0 aliphatic rings. The summed E-state index contributed by atoms with van der Waals surface area (Å²) < 4.78 is 13.7. The van der Waals surface area contributed by atoms with Gasteiger partial charge in [0.2, 0.25) is 0 Å². The number of anilines is 1. The van der Waals surface area contributed by atoms with Crippen LogP contribution in [0.3, 0.4) is 0 Å². The second-order valence-electron chi connectivity index (χ2n) is 5.55. The van der Waals surface area contributed by atoms with Crippen molar-refractivity contribution in [3.63, 3.8) is 0 Å². The van der Waals surface area contributed by atoms with E-state index in [0.717, 1.165) is 0 Å².